The van der Waals surface area contributed by atoms with Gasteiger partial charge in [-0.2, -0.15) is 0 Å². The van der Waals surface area contributed by atoms with Crippen molar-refractivity contribution >= 4 is 5.97 Å². The van der Waals surface area contributed by atoms with Crippen molar-refractivity contribution in [3.63, 3.8) is 0 Å². The van der Waals surface area contributed by atoms with Crippen LogP contribution in [0.5, 0.6) is 0 Å². The maximum atomic E-state index is 11.8. The Bertz CT molecular complexity index is 218. The molecule has 0 aromatic rings. The van der Waals surface area contributed by atoms with Gasteiger partial charge in [-0.25, -0.2) is 0 Å². The minimum atomic E-state index is -0.0594. The lowest BCUT2D eigenvalue weighted by molar-refractivity contribution is -0.158. The number of rotatable bonds is 5. The van der Waals surface area contributed by atoms with Gasteiger partial charge in [0.1, 0.15) is 6.10 Å². The molecule has 0 aromatic heterocycles. The molecule has 3 unspecified atom stereocenters. The Morgan fingerprint density at radius 3 is 2.75 bits per heavy atom. The second-order valence-corrected chi connectivity index (χ2v) is 4.91. The fourth-order valence-corrected chi connectivity index (χ4v) is 2.43. The van der Waals surface area contributed by atoms with Gasteiger partial charge in [-0.05, 0) is 44.6 Å². The van der Waals surface area contributed by atoms with Crippen LogP contribution in [-0.2, 0) is 9.53 Å². The number of carbonyl (C=O) groups excluding carboxylic acids is 1. The lowest BCUT2D eigenvalue weighted by Crippen LogP contribution is -2.32. The summed E-state index contributed by atoms with van der Waals surface area (Å²) in [5.41, 5.74) is 5.45. The molecule has 0 spiro atoms. The van der Waals surface area contributed by atoms with Crippen LogP contribution in [0.25, 0.3) is 0 Å². The van der Waals surface area contributed by atoms with Crippen molar-refractivity contribution in [1.82, 2.24) is 0 Å². The smallest absolute Gasteiger partial charge is 0.308 e. The van der Waals surface area contributed by atoms with E-state index in [0.717, 1.165) is 19.3 Å². The fourth-order valence-electron chi connectivity index (χ4n) is 2.43. The average molecular weight is 227 g/mol. The average Bonchev–Trinajstić information content (AvgIpc) is 2.30. The van der Waals surface area contributed by atoms with E-state index >= 15 is 0 Å². The van der Waals surface area contributed by atoms with Crippen LogP contribution in [0.4, 0.5) is 0 Å². The largest absolute Gasteiger partial charge is 0.462 e. The summed E-state index contributed by atoms with van der Waals surface area (Å²) in [4.78, 5) is 11.8. The minimum Gasteiger partial charge on any atom is -0.462 e. The molecule has 94 valence electrons. The highest BCUT2D eigenvalue weighted by molar-refractivity contribution is 5.72. The predicted octanol–water partition coefficient (Wildman–Crippen LogP) is 2.48. The fraction of sp³-hybridized carbons (Fsp3) is 0.923. The molecule has 16 heavy (non-hydrogen) atoms. The number of hydrogen-bond donors (Lipinski definition) is 1. The lowest BCUT2D eigenvalue weighted by atomic mass is 9.84. The van der Waals surface area contributed by atoms with E-state index in [2.05, 4.69) is 6.92 Å². The first-order valence-electron chi connectivity index (χ1n) is 6.59. The van der Waals surface area contributed by atoms with Crippen LogP contribution >= 0.6 is 0 Å². The molecule has 1 aliphatic carbocycles. The van der Waals surface area contributed by atoms with Crippen LogP contribution in [0.2, 0.25) is 0 Å². The third-order valence-electron chi connectivity index (χ3n) is 3.63. The highest BCUT2D eigenvalue weighted by atomic mass is 16.5. The van der Waals surface area contributed by atoms with Crippen LogP contribution in [0.15, 0.2) is 0 Å². The Balaban J connectivity index is 2.41. The van der Waals surface area contributed by atoms with E-state index in [1.165, 1.54) is 19.3 Å². The number of ether oxygens (including phenoxy) is 1. The van der Waals surface area contributed by atoms with Gasteiger partial charge in [0.15, 0.2) is 0 Å². The Hall–Kier alpha value is -0.570. The number of carbonyl (C=O) groups is 1. The highest BCUT2D eigenvalue weighted by Crippen LogP contribution is 2.29. The van der Waals surface area contributed by atoms with Gasteiger partial charge < -0.3 is 10.5 Å². The summed E-state index contributed by atoms with van der Waals surface area (Å²) in [6.07, 6.45) is 6.72. The molecule has 3 nitrogen and oxygen atoms in total. The molecule has 0 aliphatic heterocycles. The van der Waals surface area contributed by atoms with E-state index in [9.17, 15) is 4.79 Å². The van der Waals surface area contributed by atoms with E-state index < -0.39 is 0 Å². The normalized spacial score (nSPS) is 27.4. The Labute approximate surface area is 98.7 Å². The van der Waals surface area contributed by atoms with Crippen molar-refractivity contribution < 1.29 is 9.53 Å². The quantitative estimate of drug-likeness (QED) is 0.734. The van der Waals surface area contributed by atoms with Crippen LogP contribution in [0, 0.1) is 11.8 Å². The van der Waals surface area contributed by atoms with Crippen LogP contribution in [0.1, 0.15) is 52.4 Å². The van der Waals surface area contributed by atoms with Crippen LogP contribution in [0.3, 0.4) is 0 Å². The van der Waals surface area contributed by atoms with Gasteiger partial charge in [0, 0.05) is 0 Å². The summed E-state index contributed by atoms with van der Waals surface area (Å²) >= 11 is 0. The second-order valence-electron chi connectivity index (χ2n) is 4.91. The topological polar surface area (TPSA) is 52.3 Å². The predicted molar refractivity (Wildman–Crippen MR) is 65.0 cm³/mol. The summed E-state index contributed by atoms with van der Waals surface area (Å²) in [6.45, 7) is 4.64. The molecule has 0 aromatic carbocycles. The molecule has 1 aliphatic rings. The molecule has 1 fully saturated rings. The minimum absolute atomic E-state index is 0.0515. The van der Waals surface area contributed by atoms with E-state index in [1.54, 1.807) is 0 Å². The monoisotopic (exact) mass is 227 g/mol. The summed E-state index contributed by atoms with van der Waals surface area (Å²) in [5, 5.41) is 0. The van der Waals surface area contributed by atoms with Gasteiger partial charge in [-0.1, -0.05) is 20.3 Å². The van der Waals surface area contributed by atoms with E-state index in [0.29, 0.717) is 12.5 Å². The third-order valence-corrected chi connectivity index (χ3v) is 3.63. The Morgan fingerprint density at radius 2 is 2.12 bits per heavy atom. The second kappa shape index (κ2) is 6.89. The molecule has 3 heteroatoms. The molecule has 2 N–H and O–H groups in total. The molecule has 1 rings (SSSR count). The Kier molecular flexibility index (Phi) is 5.81. The van der Waals surface area contributed by atoms with Crippen molar-refractivity contribution in [1.29, 1.82) is 0 Å². The summed E-state index contributed by atoms with van der Waals surface area (Å²) in [5.74, 6) is 0.461. The van der Waals surface area contributed by atoms with Crippen molar-refractivity contribution in [3.05, 3.63) is 0 Å². The first-order valence-corrected chi connectivity index (χ1v) is 6.59. The van der Waals surface area contributed by atoms with Gasteiger partial charge in [0.05, 0.1) is 5.92 Å². The number of esters is 1. The van der Waals surface area contributed by atoms with Gasteiger partial charge in [-0.3, -0.25) is 4.79 Å². The molecular formula is C13H25NO2. The van der Waals surface area contributed by atoms with Crippen molar-refractivity contribution in [2.45, 2.75) is 58.5 Å². The maximum absolute atomic E-state index is 11.8. The van der Waals surface area contributed by atoms with Gasteiger partial charge in [0.25, 0.3) is 0 Å². The number of hydrogen-bond acceptors (Lipinski definition) is 3. The molecule has 0 amide bonds. The first kappa shape index (κ1) is 13.5. The zero-order valence-electron chi connectivity index (χ0n) is 10.6. The van der Waals surface area contributed by atoms with Crippen molar-refractivity contribution in [3.8, 4) is 0 Å². The van der Waals surface area contributed by atoms with Gasteiger partial charge >= 0.3 is 5.97 Å². The van der Waals surface area contributed by atoms with E-state index in [1.807, 2.05) is 6.92 Å². The summed E-state index contributed by atoms with van der Waals surface area (Å²) in [6, 6.07) is 0. The molecule has 3 atom stereocenters. The van der Waals surface area contributed by atoms with Crippen molar-refractivity contribution in [2.24, 2.45) is 17.6 Å². The SMILES string of the molecule is CCC1CCCCC1OC(=O)C(C)CCN. The van der Waals surface area contributed by atoms with Gasteiger partial charge in [-0.15, -0.1) is 0 Å². The molecule has 0 radical (unpaired) electrons. The number of nitrogens with two attached hydrogens (primary N) is 1. The maximum Gasteiger partial charge on any atom is 0.308 e. The molecule has 0 bridgehead atoms. The zero-order valence-corrected chi connectivity index (χ0v) is 10.6. The molecule has 0 saturated heterocycles. The molecule has 1 saturated carbocycles. The highest BCUT2D eigenvalue weighted by Gasteiger charge is 2.28. The van der Waals surface area contributed by atoms with Crippen molar-refractivity contribution in [2.75, 3.05) is 6.54 Å². The van der Waals surface area contributed by atoms with Crippen LogP contribution < -0.4 is 5.73 Å². The van der Waals surface area contributed by atoms with E-state index in [-0.39, 0.29) is 18.0 Å². The summed E-state index contributed by atoms with van der Waals surface area (Å²) in [7, 11) is 0. The van der Waals surface area contributed by atoms with Gasteiger partial charge in [0.2, 0.25) is 0 Å². The standard InChI is InChI=1S/C13H25NO2/c1-3-11-6-4-5-7-12(11)16-13(15)10(2)8-9-14/h10-12H,3-9,14H2,1-2H3. The Morgan fingerprint density at radius 1 is 1.44 bits per heavy atom. The third kappa shape index (κ3) is 3.78. The lowest BCUT2D eigenvalue weighted by Gasteiger charge is -2.31. The van der Waals surface area contributed by atoms with Crippen LogP contribution in [-0.4, -0.2) is 18.6 Å². The zero-order chi connectivity index (χ0) is 12.0. The molecular weight excluding hydrogens is 202 g/mol. The summed E-state index contributed by atoms with van der Waals surface area (Å²) < 4.78 is 5.61. The van der Waals surface area contributed by atoms with E-state index in [4.69, 9.17) is 10.5 Å². The molecule has 0 heterocycles. The first-order chi connectivity index (χ1) is 7.69.